The van der Waals surface area contributed by atoms with Crippen LogP contribution in [0.1, 0.15) is 24.0 Å². The molecule has 1 N–H and O–H groups in total. The standard InChI is InChI=1S/C18H21BrN4O2/c1-13-10-17(23(24)25)11-20-18(13)21-16-6-8-22(9-7-16)12-14-2-4-15(19)5-3-14/h2-5,10-11,16H,6-9,12H2,1H3,(H,20,21). The molecule has 0 spiro atoms. The van der Waals surface area contributed by atoms with Gasteiger partial charge >= 0.3 is 0 Å². The van der Waals surface area contributed by atoms with E-state index < -0.39 is 4.92 Å². The zero-order chi connectivity index (χ0) is 17.8. The summed E-state index contributed by atoms with van der Waals surface area (Å²) in [7, 11) is 0. The highest BCUT2D eigenvalue weighted by molar-refractivity contribution is 9.10. The van der Waals surface area contributed by atoms with E-state index >= 15 is 0 Å². The minimum absolute atomic E-state index is 0.0346. The van der Waals surface area contributed by atoms with Gasteiger partial charge in [0.25, 0.3) is 5.69 Å². The summed E-state index contributed by atoms with van der Waals surface area (Å²) in [5, 5.41) is 14.2. The Kier molecular flexibility index (Phi) is 5.65. The molecule has 0 amide bonds. The van der Waals surface area contributed by atoms with Gasteiger partial charge in [0.2, 0.25) is 0 Å². The van der Waals surface area contributed by atoms with Crippen molar-refractivity contribution in [3.63, 3.8) is 0 Å². The smallest absolute Gasteiger partial charge is 0.287 e. The Labute approximate surface area is 155 Å². The van der Waals surface area contributed by atoms with Gasteiger partial charge in [-0.1, -0.05) is 28.1 Å². The number of aromatic nitrogens is 1. The van der Waals surface area contributed by atoms with Crippen LogP contribution < -0.4 is 5.32 Å². The fraction of sp³-hybridized carbons (Fsp3) is 0.389. The summed E-state index contributed by atoms with van der Waals surface area (Å²) in [5.74, 6) is 0.747. The molecule has 1 aromatic carbocycles. The third kappa shape index (κ3) is 4.76. The lowest BCUT2D eigenvalue weighted by atomic mass is 10.0. The van der Waals surface area contributed by atoms with Crippen molar-refractivity contribution in [1.82, 2.24) is 9.88 Å². The molecule has 25 heavy (non-hydrogen) atoms. The first-order chi connectivity index (χ1) is 12.0. The van der Waals surface area contributed by atoms with Crippen LogP contribution in [0, 0.1) is 17.0 Å². The number of nitro groups is 1. The average Bonchev–Trinajstić information content (AvgIpc) is 2.60. The van der Waals surface area contributed by atoms with Crippen molar-refractivity contribution in [3.05, 3.63) is 62.2 Å². The molecule has 0 saturated carbocycles. The Hall–Kier alpha value is -1.99. The van der Waals surface area contributed by atoms with Gasteiger partial charge in [0, 0.05) is 36.2 Å². The van der Waals surface area contributed by atoms with Crippen LogP contribution in [0.25, 0.3) is 0 Å². The Morgan fingerprint density at radius 2 is 2.00 bits per heavy atom. The molecule has 0 atom stereocenters. The van der Waals surface area contributed by atoms with Gasteiger partial charge in [-0.05, 0) is 43.0 Å². The zero-order valence-corrected chi connectivity index (χ0v) is 15.7. The van der Waals surface area contributed by atoms with E-state index in [1.165, 1.54) is 11.8 Å². The van der Waals surface area contributed by atoms with Crippen molar-refractivity contribution in [1.29, 1.82) is 0 Å². The molecule has 0 unspecified atom stereocenters. The minimum Gasteiger partial charge on any atom is -0.367 e. The molecule has 132 valence electrons. The van der Waals surface area contributed by atoms with E-state index in [0.29, 0.717) is 6.04 Å². The van der Waals surface area contributed by atoms with E-state index in [0.717, 1.165) is 48.3 Å². The van der Waals surface area contributed by atoms with Gasteiger partial charge in [-0.3, -0.25) is 15.0 Å². The van der Waals surface area contributed by atoms with Crippen LogP contribution in [0.15, 0.2) is 41.0 Å². The summed E-state index contributed by atoms with van der Waals surface area (Å²) in [4.78, 5) is 17.1. The molecule has 0 bridgehead atoms. The Bertz CT molecular complexity index is 743. The van der Waals surface area contributed by atoms with Crippen molar-refractivity contribution in [2.24, 2.45) is 0 Å². The molecule has 7 heteroatoms. The largest absolute Gasteiger partial charge is 0.367 e. The zero-order valence-electron chi connectivity index (χ0n) is 14.1. The number of anilines is 1. The number of halogens is 1. The van der Waals surface area contributed by atoms with Gasteiger partial charge in [0.05, 0.1) is 4.92 Å². The van der Waals surface area contributed by atoms with Gasteiger partial charge in [0.15, 0.2) is 0 Å². The summed E-state index contributed by atoms with van der Waals surface area (Å²) in [6, 6.07) is 10.4. The predicted molar refractivity (Wildman–Crippen MR) is 102 cm³/mol. The van der Waals surface area contributed by atoms with E-state index in [1.54, 1.807) is 6.07 Å². The lowest BCUT2D eigenvalue weighted by Crippen LogP contribution is -2.38. The lowest BCUT2D eigenvalue weighted by Gasteiger charge is -2.32. The summed E-state index contributed by atoms with van der Waals surface area (Å²) < 4.78 is 1.10. The van der Waals surface area contributed by atoms with Gasteiger partial charge in [-0.2, -0.15) is 0 Å². The quantitative estimate of drug-likeness (QED) is 0.598. The van der Waals surface area contributed by atoms with E-state index in [-0.39, 0.29) is 5.69 Å². The molecule has 2 heterocycles. The molecular weight excluding hydrogens is 384 g/mol. The van der Waals surface area contributed by atoms with Crippen LogP contribution in [-0.4, -0.2) is 33.9 Å². The number of likely N-dealkylation sites (tertiary alicyclic amines) is 1. The molecule has 1 saturated heterocycles. The molecule has 6 nitrogen and oxygen atoms in total. The number of piperidine rings is 1. The van der Waals surface area contributed by atoms with Crippen LogP contribution in [0.4, 0.5) is 11.5 Å². The average molecular weight is 405 g/mol. The van der Waals surface area contributed by atoms with Crippen molar-refractivity contribution in [3.8, 4) is 0 Å². The molecule has 2 aromatic rings. The third-order valence-electron chi connectivity index (χ3n) is 4.52. The van der Waals surface area contributed by atoms with Gasteiger partial charge in [-0.25, -0.2) is 4.98 Å². The SMILES string of the molecule is Cc1cc([N+](=O)[O-])cnc1NC1CCN(Cc2ccc(Br)cc2)CC1. The van der Waals surface area contributed by atoms with Crippen molar-refractivity contribution in [2.75, 3.05) is 18.4 Å². The number of aryl methyl sites for hydroxylation is 1. The topological polar surface area (TPSA) is 71.3 Å². The second-order valence-electron chi connectivity index (χ2n) is 6.44. The maximum absolute atomic E-state index is 10.8. The summed E-state index contributed by atoms with van der Waals surface area (Å²) in [5.41, 5.74) is 2.17. The van der Waals surface area contributed by atoms with E-state index in [2.05, 4.69) is 55.4 Å². The Balaban J connectivity index is 1.52. The van der Waals surface area contributed by atoms with Gasteiger partial charge in [0.1, 0.15) is 12.0 Å². The number of benzene rings is 1. The number of hydrogen-bond donors (Lipinski definition) is 1. The number of hydrogen-bond acceptors (Lipinski definition) is 5. The molecule has 0 aliphatic carbocycles. The van der Waals surface area contributed by atoms with E-state index in [9.17, 15) is 10.1 Å². The maximum atomic E-state index is 10.8. The van der Waals surface area contributed by atoms with Crippen molar-refractivity contribution < 1.29 is 4.92 Å². The number of pyridine rings is 1. The van der Waals surface area contributed by atoms with Crippen molar-refractivity contribution >= 4 is 27.4 Å². The van der Waals surface area contributed by atoms with Gasteiger partial charge < -0.3 is 5.32 Å². The molecule has 1 aliphatic rings. The normalized spacial score (nSPS) is 15.9. The predicted octanol–water partition coefficient (Wildman–Crippen LogP) is 4.14. The fourth-order valence-electron chi connectivity index (χ4n) is 3.09. The molecule has 3 rings (SSSR count). The number of nitrogens with zero attached hydrogens (tertiary/aromatic N) is 3. The van der Waals surface area contributed by atoms with Crippen LogP contribution in [-0.2, 0) is 6.54 Å². The van der Waals surface area contributed by atoms with Crippen LogP contribution in [0.2, 0.25) is 0 Å². The summed E-state index contributed by atoms with van der Waals surface area (Å²) in [6.45, 7) is 4.87. The van der Waals surface area contributed by atoms with Crippen LogP contribution in [0.5, 0.6) is 0 Å². The highest BCUT2D eigenvalue weighted by Gasteiger charge is 2.20. The highest BCUT2D eigenvalue weighted by atomic mass is 79.9. The first kappa shape index (κ1) is 17.8. The second-order valence-corrected chi connectivity index (χ2v) is 7.35. The molecule has 1 aliphatic heterocycles. The third-order valence-corrected chi connectivity index (χ3v) is 5.05. The van der Waals surface area contributed by atoms with Crippen LogP contribution >= 0.6 is 15.9 Å². The number of nitrogens with one attached hydrogen (secondary N) is 1. The molecule has 0 radical (unpaired) electrons. The second kappa shape index (κ2) is 7.93. The van der Waals surface area contributed by atoms with Crippen molar-refractivity contribution in [2.45, 2.75) is 32.4 Å². The first-order valence-corrected chi connectivity index (χ1v) is 9.15. The summed E-state index contributed by atoms with van der Waals surface area (Å²) >= 11 is 3.46. The van der Waals surface area contributed by atoms with Crippen LogP contribution in [0.3, 0.4) is 0 Å². The minimum atomic E-state index is -0.412. The Morgan fingerprint density at radius 1 is 1.32 bits per heavy atom. The molecule has 1 fully saturated rings. The Morgan fingerprint density at radius 3 is 2.60 bits per heavy atom. The van der Waals surface area contributed by atoms with E-state index in [4.69, 9.17) is 0 Å². The highest BCUT2D eigenvalue weighted by Crippen LogP contribution is 2.22. The fourth-order valence-corrected chi connectivity index (χ4v) is 3.35. The first-order valence-electron chi connectivity index (χ1n) is 8.35. The summed E-state index contributed by atoms with van der Waals surface area (Å²) in [6.07, 6.45) is 3.39. The molecule has 1 aromatic heterocycles. The van der Waals surface area contributed by atoms with E-state index in [1.807, 2.05) is 6.92 Å². The van der Waals surface area contributed by atoms with Gasteiger partial charge in [-0.15, -0.1) is 0 Å². The number of rotatable bonds is 5. The molecular formula is C18H21BrN4O2. The lowest BCUT2D eigenvalue weighted by molar-refractivity contribution is -0.385. The maximum Gasteiger partial charge on any atom is 0.287 e. The monoisotopic (exact) mass is 404 g/mol.